The van der Waals surface area contributed by atoms with Gasteiger partial charge in [-0.05, 0) is 133 Å². The third-order valence-corrected chi connectivity index (χ3v) is 15.2. The van der Waals surface area contributed by atoms with Crippen molar-refractivity contribution in [3.8, 4) is 5.75 Å². The second-order valence-electron chi connectivity index (χ2n) is 18.3. The van der Waals surface area contributed by atoms with Gasteiger partial charge in [-0.2, -0.15) is 4.98 Å². The van der Waals surface area contributed by atoms with Crippen molar-refractivity contribution >= 4 is 79.8 Å². The lowest BCUT2D eigenvalue weighted by molar-refractivity contribution is -0.136. The van der Waals surface area contributed by atoms with Crippen LogP contribution in [-0.4, -0.2) is 108 Å². The maximum absolute atomic E-state index is 13.3. The number of likely N-dealkylation sites (tertiary alicyclic amines) is 1. The van der Waals surface area contributed by atoms with Gasteiger partial charge in [0.1, 0.15) is 16.8 Å². The maximum Gasteiger partial charge on any atom is 0.264 e. The third-order valence-electron chi connectivity index (χ3n) is 12.7. The molecule has 19 heteroatoms. The van der Waals surface area contributed by atoms with Gasteiger partial charge in [0.2, 0.25) is 23.7 Å². The number of hydrogen-bond acceptors (Lipinski definition) is 14. The van der Waals surface area contributed by atoms with Gasteiger partial charge in [0.05, 0.1) is 44.9 Å². The van der Waals surface area contributed by atoms with Crippen LogP contribution >= 0.6 is 11.6 Å². The number of fused-ring (bicyclic) bond motifs is 1. The summed E-state index contributed by atoms with van der Waals surface area (Å²) in [5, 5.41) is 14.6. The molecule has 0 spiro atoms. The number of imide groups is 2. The van der Waals surface area contributed by atoms with E-state index in [2.05, 4.69) is 54.4 Å². The highest BCUT2D eigenvalue weighted by molar-refractivity contribution is 7.92. The molecule has 4 aromatic rings. The van der Waals surface area contributed by atoms with E-state index in [0.717, 1.165) is 62.1 Å². The Morgan fingerprint density at radius 3 is 2.33 bits per heavy atom. The summed E-state index contributed by atoms with van der Waals surface area (Å²) < 4.78 is 32.5. The Bertz CT molecular complexity index is 2690. The molecule has 0 saturated carbocycles. The molecule has 3 aliphatic heterocycles. The highest BCUT2D eigenvalue weighted by atomic mass is 35.5. The zero-order valence-corrected chi connectivity index (χ0v) is 41.4. The summed E-state index contributed by atoms with van der Waals surface area (Å²) in [4.78, 5) is 75.8. The van der Waals surface area contributed by atoms with E-state index in [0.29, 0.717) is 54.8 Å². The molecule has 4 heterocycles. The second-order valence-corrected chi connectivity index (χ2v) is 21.2. The van der Waals surface area contributed by atoms with Crippen molar-refractivity contribution in [2.75, 3.05) is 48.7 Å². The first-order valence-electron chi connectivity index (χ1n) is 23.8. The van der Waals surface area contributed by atoms with Crippen LogP contribution in [0.25, 0.3) is 0 Å². The number of rotatable bonds is 21. The molecule has 3 aromatic carbocycles. The summed E-state index contributed by atoms with van der Waals surface area (Å²) >= 11 is 6.51. The number of nitrogens with zero attached hydrogens (tertiary/aromatic N) is 4. The predicted molar refractivity (Wildman–Crippen MR) is 265 cm³/mol. The van der Waals surface area contributed by atoms with Gasteiger partial charge in [0.25, 0.3) is 11.8 Å². The summed E-state index contributed by atoms with van der Waals surface area (Å²) in [7, 11) is -3.59. The van der Waals surface area contributed by atoms with Crippen LogP contribution < -0.4 is 31.3 Å². The summed E-state index contributed by atoms with van der Waals surface area (Å²) in [5.74, 6) is -0.596. The molecule has 17 nitrogen and oxygen atoms in total. The number of aromatic nitrogens is 2. The van der Waals surface area contributed by atoms with E-state index < -0.39 is 44.8 Å². The molecule has 0 radical (unpaired) electrons. The van der Waals surface area contributed by atoms with E-state index in [1.165, 1.54) is 11.8 Å². The van der Waals surface area contributed by atoms with E-state index in [1.807, 2.05) is 19.9 Å². The number of hydrogen-bond donors (Lipinski definition) is 5. The highest BCUT2D eigenvalue weighted by Gasteiger charge is 2.45. The van der Waals surface area contributed by atoms with Crippen molar-refractivity contribution in [1.82, 2.24) is 30.4 Å². The van der Waals surface area contributed by atoms with E-state index >= 15 is 0 Å². The van der Waals surface area contributed by atoms with Gasteiger partial charge in [-0.3, -0.25) is 34.2 Å². The van der Waals surface area contributed by atoms with Crippen molar-refractivity contribution in [3.05, 3.63) is 88.1 Å². The number of ether oxygens (including phenoxy) is 1. The molecule has 7 rings (SSSR count). The fraction of sp³-hybridized carbons (Fsp3) is 0.460. The molecule has 1 atom stereocenters. The minimum atomic E-state index is -3.59. The number of anilines is 5. The monoisotopic (exact) mass is 983 g/mol. The lowest BCUT2D eigenvalue weighted by Crippen LogP contribution is -2.54. The summed E-state index contributed by atoms with van der Waals surface area (Å²) in [6.07, 6.45) is 7.33. The molecule has 0 bridgehead atoms. The fourth-order valence-corrected chi connectivity index (χ4v) is 10.3. The first kappa shape index (κ1) is 50.8. The molecular weight excluding hydrogens is 922 g/mol. The fourth-order valence-electron chi connectivity index (χ4n) is 8.96. The van der Waals surface area contributed by atoms with Crippen LogP contribution in [0.4, 0.5) is 28.8 Å². The van der Waals surface area contributed by atoms with Crippen LogP contribution in [0.2, 0.25) is 5.02 Å². The molecule has 5 amide bonds. The topological polar surface area (TPSA) is 221 Å². The molecule has 2 saturated heterocycles. The average molecular weight is 985 g/mol. The number of aryl methyl sites for hydroxylation is 1. The van der Waals surface area contributed by atoms with Gasteiger partial charge in [-0.15, -0.1) is 0 Å². The molecule has 1 aromatic heterocycles. The molecule has 3 aliphatic rings. The minimum Gasteiger partial charge on any atom is -0.489 e. The number of nitrogens with one attached hydrogen (secondary N) is 5. The van der Waals surface area contributed by atoms with Crippen LogP contribution in [0.3, 0.4) is 0 Å². The lowest BCUT2D eigenvalue weighted by atomic mass is 9.86. The number of carbonyl (C=O) groups excluding carboxylic acids is 5. The lowest BCUT2D eigenvalue weighted by Gasteiger charge is -2.33. The molecule has 368 valence electrons. The first-order valence-corrected chi connectivity index (χ1v) is 25.7. The molecule has 1 unspecified atom stereocenters. The smallest absolute Gasteiger partial charge is 0.264 e. The van der Waals surface area contributed by atoms with Crippen LogP contribution in [0.15, 0.2) is 65.7 Å². The number of benzene rings is 3. The van der Waals surface area contributed by atoms with Gasteiger partial charge < -0.3 is 30.9 Å². The van der Waals surface area contributed by atoms with E-state index in [1.54, 1.807) is 56.3 Å². The van der Waals surface area contributed by atoms with Crippen LogP contribution in [-0.2, 0) is 24.2 Å². The van der Waals surface area contributed by atoms with E-state index in [-0.39, 0.29) is 57.7 Å². The quantitative estimate of drug-likeness (QED) is 0.0400. The van der Waals surface area contributed by atoms with Crippen molar-refractivity contribution in [2.24, 2.45) is 0 Å². The zero-order chi connectivity index (χ0) is 49.4. The third kappa shape index (κ3) is 12.2. The van der Waals surface area contributed by atoms with Gasteiger partial charge in [0.15, 0.2) is 15.7 Å². The second kappa shape index (κ2) is 22.5. The number of carbonyl (C=O) groups is 5. The van der Waals surface area contributed by atoms with Crippen molar-refractivity contribution < 1.29 is 37.1 Å². The molecule has 0 aliphatic carbocycles. The Hall–Kier alpha value is -6.11. The van der Waals surface area contributed by atoms with Gasteiger partial charge in [0, 0.05) is 38.2 Å². The normalized spacial score (nSPS) is 16.8. The van der Waals surface area contributed by atoms with Crippen LogP contribution in [0.5, 0.6) is 5.75 Å². The number of sulfone groups is 1. The van der Waals surface area contributed by atoms with Gasteiger partial charge in [-0.1, -0.05) is 42.6 Å². The predicted octanol–water partition coefficient (Wildman–Crippen LogP) is 7.65. The van der Waals surface area contributed by atoms with Gasteiger partial charge >= 0.3 is 0 Å². The van der Waals surface area contributed by atoms with Crippen molar-refractivity contribution in [3.63, 3.8) is 0 Å². The van der Waals surface area contributed by atoms with E-state index in [4.69, 9.17) is 16.3 Å². The molecular formula is C50H62ClN9O8S. The first-order chi connectivity index (χ1) is 33.0. The Kier molecular flexibility index (Phi) is 16.6. The number of halogens is 1. The number of unbranched alkanes of at least 4 members (excludes halogenated alkanes) is 3. The van der Waals surface area contributed by atoms with Crippen LogP contribution in [0, 0.1) is 6.92 Å². The summed E-state index contributed by atoms with van der Waals surface area (Å²) in [5.41, 5.74) is 4.39. The SMILES string of the molecule is Cc1cc(Nc2ncc(Cl)c(Nc3ccccc3S(=O)(=O)C(C)C)n2)c(OC(C)C)cc1C1CCN(CCC(=O)NCCCCCCNc2cccc3c2C(=O)N(C2CCC(=O)NC2=O)C3=O)CC1. The van der Waals surface area contributed by atoms with E-state index in [9.17, 15) is 32.4 Å². The number of piperidine rings is 2. The zero-order valence-electron chi connectivity index (χ0n) is 39.8. The molecule has 69 heavy (non-hydrogen) atoms. The van der Waals surface area contributed by atoms with Crippen LogP contribution in [0.1, 0.15) is 123 Å². The van der Waals surface area contributed by atoms with Gasteiger partial charge in [-0.25, -0.2) is 13.4 Å². The molecule has 2 fully saturated rings. The van der Waals surface area contributed by atoms with Crippen molar-refractivity contribution in [2.45, 2.75) is 121 Å². The van der Waals surface area contributed by atoms with Crippen molar-refractivity contribution in [1.29, 1.82) is 0 Å². The number of para-hydroxylation sites is 1. The maximum atomic E-state index is 13.3. The largest absolute Gasteiger partial charge is 0.489 e. The standard InChI is InChI=1S/C50H62ClN9O8S/c1-30(2)68-41-28-35(32(5)27-39(41)56-50-54-29-36(51)46(58-50)55-37-14-8-9-16-42(37)69(66,67)31(3)4)33-19-24-59(25-20-33)26-21-43(61)53-23-11-7-6-10-22-52-38-15-12-13-34-45(38)49(65)60(48(34)64)40-17-18-44(62)57-47(40)63/h8-9,12-16,27-31,33,40,52H,6-7,10-11,17-26H2,1-5H3,(H,53,61)(H,57,62,63)(H2,54,55,56,58). The Morgan fingerprint density at radius 1 is 0.884 bits per heavy atom. The summed E-state index contributed by atoms with van der Waals surface area (Å²) in [6.45, 7) is 12.9. The average Bonchev–Trinajstić information content (AvgIpc) is 3.57. The minimum absolute atomic E-state index is 0.0353. The Morgan fingerprint density at radius 2 is 1.61 bits per heavy atom. The Balaban J connectivity index is 0.830. The number of amides is 5. The summed E-state index contributed by atoms with van der Waals surface area (Å²) in [6, 6.07) is 14.8. The Labute approximate surface area is 408 Å². The highest BCUT2D eigenvalue weighted by Crippen LogP contribution is 2.39. The molecule has 5 N–H and O–H groups in total.